The number of piperazine rings is 1. The van der Waals surface area contributed by atoms with Crippen LogP contribution in [-0.2, 0) is 22.8 Å². The smallest absolute Gasteiger partial charge is 0.417 e. The van der Waals surface area contributed by atoms with Gasteiger partial charge in [-0.15, -0.1) is 0 Å². The van der Waals surface area contributed by atoms with Gasteiger partial charge in [0.15, 0.2) is 12.3 Å². The fourth-order valence-corrected chi connectivity index (χ4v) is 3.99. The molecule has 3 aromatic heterocycles. The molecule has 0 aliphatic carbocycles. The van der Waals surface area contributed by atoms with Crippen molar-refractivity contribution < 1.29 is 27.5 Å². The van der Waals surface area contributed by atoms with E-state index in [1.54, 1.807) is 29.6 Å². The molecule has 0 radical (unpaired) electrons. The number of hydrogen-bond acceptors (Lipinski definition) is 7. The Balaban J connectivity index is 1.32. The van der Waals surface area contributed by atoms with E-state index in [1.165, 1.54) is 11.1 Å². The summed E-state index contributed by atoms with van der Waals surface area (Å²) in [7, 11) is 1.75. The molecule has 13 heteroatoms. The number of hydrogen-bond donors (Lipinski definition) is 0. The highest BCUT2D eigenvalue weighted by Crippen LogP contribution is 2.33. The third kappa shape index (κ3) is 4.76. The number of rotatable bonds is 4. The number of pyridine rings is 2. The van der Waals surface area contributed by atoms with Crippen molar-refractivity contribution >= 4 is 40.3 Å². The minimum absolute atomic E-state index is 0.113. The van der Waals surface area contributed by atoms with Gasteiger partial charge in [0.1, 0.15) is 5.82 Å². The van der Waals surface area contributed by atoms with E-state index < -0.39 is 24.3 Å². The van der Waals surface area contributed by atoms with Gasteiger partial charge in [0.05, 0.1) is 21.8 Å². The number of fused-ring (bicyclic) bond motifs is 1. The molecule has 4 heterocycles. The van der Waals surface area contributed by atoms with Crippen LogP contribution in [0.3, 0.4) is 0 Å². The number of amides is 1. The molecule has 1 fully saturated rings. The number of carbonyl (C=O) groups is 2. The van der Waals surface area contributed by atoms with E-state index in [9.17, 15) is 22.8 Å². The first kappa shape index (κ1) is 23.7. The van der Waals surface area contributed by atoms with Gasteiger partial charge in [0.2, 0.25) is 0 Å². The van der Waals surface area contributed by atoms with Gasteiger partial charge in [-0.25, -0.2) is 14.8 Å². The minimum atomic E-state index is -4.53. The molecule has 0 saturated carbocycles. The molecule has 0 unspecified atom stereocenters. The first-order valence-electron chi connectivity index (χ1n) is 10.3. The summed E-state index contributed by atoms with van der Waals surface area (Å²) >= 11 is 6.01. The van der Waals surface area contributed by atoms with Crippen LogP contribution in [0.4, 0.5) is 19.0 Å². The Bertz CT molecular complexity index is 1250. The molecule has 1 amide bonds. The van der Waals surface area contributed by atoms with Crippen molar-refractivity contribution in [3.63, 3.8) is 0 Å². The maximum Gasteiger partial charge on any atom is 0.417 e. The van der Waals surface area contributed by atoms with E-state index in [0.29, 0.717) is 18.7 Å². The predicted molar refractivity (Wildman–Crippen MR) is 117 cm³/mol. The number of aryl methyl sites for hydroxylation is 2. The van der Waals surface area contributed by atoms with Crippen molar-refractivity contribution in [2.24, 2.45) is 7.05 Å². The van der Waals surface area contributed by atoms with Crippen molar-refractivity contribution in [1.29, 1.82) is 0 Å². The van der Waals surface area contributed by atoms with E-state index in [4.69, 9.17) is 16.3 Å². The van der Waals surface area contributed by atoms with E-state index in [1.807, 2.05) is 0 Å². The summed E-state index contributed by atoms with van der Waals surface area (Å²) in [4.78, 5) is 36.2. The molecule has 34 heavy (non-hydrogen) atoms. The number of alkyl halides is 3. The molecule has 0 aromatic carbocycles. The number of halogens is 4. The average molecular weight is 497 g/mol. The lowest BCUT2D eigenvalue weighted by Gasteiger charge is -2.35. The van der Waals surface area contributed by atoms with E-state index in [-0.39, 0.29) is 35.4 Å². The van der Waals surface area contributed by atoms with Gasteiger partial charge >= 0.3 is 12.1 Å². The molecule has 180 valence electrons. The first-order chi connectivity index (χ1) is 16.0. The van der Waals surface area contributed by atoms with Crippen LogP contribution >= 0.6 is 11.6 Å². The quantitative estimate of drug-likeness (QED) is 0.513. The van der Waals surface area contributed by atoms with Gasteiger partial charge in [0.25, 0.3) is 5.91 Å². The summed E-state index contributed by atoms with van der Waals surface area (Å²) in [6, 6.07) is 2.46. The molecule has 1 aliphatic rings. The van der Waals surface area contributed by atoms with Crippen LogP contribution < -0.4 is 4.90 Å². The molecule has 0 spiro atoms. The molecule has 1 saturated heterocycles. The van der Waals surface area contributed by atoms with Crippen LogP contribution in [0.25, 0.3) is 11.0 Å². The third-order valence-corrected chi connectivity index (χ3v) is 5.78. The Labute approximate surface area is 197 Å². The van der Waals surface area contributed by atoms with Crippen molar-refractivity contribution in [1.82, 2.24) is 24.6 Å². The van der Waals surface area contributed by atoms with E-state index >= 15 is 0 Å². The number of esters is 1. The summed E-state index contributed by atoms with van der Waals surface area (Å²) in [6.45, 7) is 2.55. The number of ether oxygens (including phenoxy) is 1. The zero-order valence-electron chi connectivity index (χ0n) is 18.3. The van der Waals surface area contributed by atoms with Crippen molar-refractivity contribution in [2.45, 2.75) is 13.1 Å². The third-order valence-electron chi connectivity index (χ3n) is 5.51. The lowest BCUT2D eigenvalue weighted by Crippen LogP contribution is -2.50. The van der Waals surface area contributed by atoms with Crippen LogP contribution in [0.5, 0.6) is 0 Å². The number of aromatic nitrogens is 4. The molecule has 9 nitrogen and oxygen atoms in total. The maximum absolute atomic E-state index is 12.8. The summed E-state index contributed by atoms with van der Waals surface area (Å²) < 4.78 is 45.2. The molecule has 0 N–H and O–H groups in total. The van der Waals surface area contributed by atoms with Gasteiger partial charge < -0.3 is 14.5 Å². The second-order valence-corrected chi connectivity index (χ2v) is 8.18. The monoisotopic (exact) mass is 496 g/mol. The summed E-state index contributed by atoms with van der Waals surface area (Å²) in [5.41, 5.74) is 0.635. The fraction of sp³-hybridized carbons (Fsp3) is 0.381. The molecule has 3 aromatic rings. The second kappa shape index (κ2) is 9.09. The topological polar surface area (TPSA) is 93.5 Å². The van der Waals surface area contributed by atoms with Gasteiger partial charge in [-0.05, 0) is 19.1 Å². The Kier molecular flexibility index (Phi) is 6.34. The molecule has 0 bridgehead atoms. The lowest BCUT2D eigenvalue weighted by atomic mass is 10.2. The van der Waals surface area contributed by atoms with Crippen molar-refractivity contribution in [3.8, 4) is 0 Å². The fourth-order valence-electron chi connectivity index (χ4n) is 3.71. The minimum Gasteiger partial charge on any atom is -0.452 e. The number of carbonyl (C=O) groups excluding carboxylic acids is 2. The highest BCUT2D eigenvalue weighted by Gasteiger charge is 2.32. The largest absolute Gasteiger partial charge is 0.452 e. The van der Waals surface area contributed by atoms with E-state index in [2.05, 4.69) is 15.1 Å². The number of anilines is 1. The molecule has 4 rings (SSSR count). The Morgan fingerprint density at radius 2 is 1.82 bits per heavy atom. The Hall–Kier alpha value is -3.41. The summed E-state index contributed by atoms with van der Waals surface area (Å²) in [6.07, 6.45) is -2.43. The SMILES string of the molecule is Cc1nn(C)c2ncc(C(=O)OCC(=O)N3CCN(c4ncc(C(F)(F)F)cc4Cl)CC3)cc12. The van der Waals surface area contributed by atoms with Crippen LogP contribution in [0.2, 0.25) is 5.02 Å². The molecule has 0 atom stereocenters. The van der Waals surface area contributed by atoms with E-state index in [0.717, 1.165) is 23.3 Å². The highest BCUT2D eigenvalue weighted by molar-refractivity contribution is 6.33. The standard InChI is InChI=1S/C21H20ClF3N6O3/c1-12-15-7-13(9-26-18(15)29(2)28-12)20(33)34-11-17(32)30-3-5-31(6-4-30)19-16(22)8-14(10-27-19)21(23,24)25/h7-10H,3-6,11H2,1-2H3. The van der Waals surface area contributed by atoms with Crippen LogP contribution in [0, 0.1) is 6.92 Å². The summed E-state index contributed by atoms with van der Waals surface area (Å²) in [5.74, 6) is -0.835. The van der Waals surface area contributed by atoms with Crippen LogP contribution in [0.15, 0.2) is 24.5 Å². The van der Waals surface area contributed by atoms with Crippen molar-refractivity contribution in [3.05, 3.63) is 46.4 Å². The second-order valence-electron chi connectivity index (χ2n) is 7.78. The molecular weight excluding hydrogens is 477 g/mol. The van der Waals surface area contributed by atoms with Gasteiger partial charge in [-0.2, -0.15) is 18.3 Å². The van der Waals surface area contributed by atoms with Gasteiger partial charge in [-0.1, -0.05) is 11.6 Å². The maximum atomic E-state index is 12.8. The van der Waals surface area contributed by atoms with Crippen LogP contribution in [-0.4, -0.2) is 69.3 Å². The molecule has 1 aliphatic heterocycles. The zero-order chi connectivity index (χ0) is 24.6. The Morgan fingerprint density at radius 3 is 2.47 bits per heavy atom. The summed E-state index contributed by atoms with van der Waals surface area (Å²) in [5, 5.41) is 4.85. The number of nitrogens with zero attached hydrogens (tertiary/aromatic N) is 6. The van der Waals surface area contributed by atoms with Crippen molar-refractivity contribution in [2.75, 3.05) is 37.7 Å². The van der Waals surface area contributed by atoms with Gasteiger partial charge in [0, 0.05) is 51.0 Å². The Morgan fingerprint density at radius 1 is 1.12 bits per heavy atom. The average Bonchev–Trinajstić information content (AvgIpc) is 3.09. The van der Waals surface area contributed by atoms with Crippen LogP contribution in [0.1, 0.15) is 21.6 Å². The first-order valence-corrected chi connectivity index (χ1v) is 10.6. The van der Waals surface area contributed by atoms with Gasteiger partial charge in [-0.3, -0.25) is 9.48 Å². The molecular formula is C21H20ClF3N6O3. The predicted octanol–water partition coefficient (Wildman–Crippen LogP) is 2.85. The lowest BCUT2D eigenvalue weighted by molar-refractivity contribution is -0.138. The normalized spacial score (nSPS) is 14.5. The zero-order valence-corrected chi connectivity index (χ0v) is 19.0. The highest BCUT2D eigenvalue weighted by atomic mass is 35.5.